The number of rotatable bonds is 3. The van der Waals surface area contributed by atoms with E-state index in [4.69, 9.17) is 15.9 Å². The summed E-state index contributed by atoms with van der Waals surface area (Å²) >= 11 is 1.80. The summed E-state index contributed by atoms with van der Waals surface area (Å²) in [4.78, 5) is 4.78. The van der Waals surface area contributed by atoms with Gasteiger partial charge in [-0.25, -0.2) is 4.98 Å². The monoisotopic (exact) mass is 277 g/mol. The number of pyridine rings is 1. The second kappa shape index (κ2) is 5.41. The first-order chi connectivity index (χ1) is 9.28. The van der Waals surface area contributed by atoms with Crippen molar-refractivity contribution in [3.05, 3.63) is 22.9 Å². The topological polar surface area (TPSA) is 71.5 Å². The van der Waals surface area contributed by atoms with Gasteiger partial charge in [-0.2, -0.15) is 0 Å². The molecule has 0 aromatic carbocycles. The lowest BCUT2D eigenvalue weighted by molar-refractivity contribution is 0.318. The van der Waals surface area contributed by atoms with Gasteiger partial charge in [-0.1, -0.05) is 18.0 Å². The number of hydrogen-bond acceptors (Lipinski definition) is 4. The number of oxime groups is 1. The molecular formula is C14H19N3OS. The Morgan fingerprint density at radius 2 is 2.11 bits per heavy atom. The molecule has 1 heterocycles. The summed E-state index contributed by atoms with van der Waals surface area (Å²) in [7, 11) is 0. The molecule has 0 unspecified atom stereocenters. The van der Waals surface area contributed by atoms with E-state index in [9.17, 15) is 0 Å². The Labute approximate surface area is 117 Å². The molecule has 19 heavy (non-hydrogen) atoms. The van der Waals surface area contributed by atoms with E-state index in [0.29, 0.717) is 5.25 Å². The van der Waals surface area contributed by atoms with E-state index in [1.54, 1.807) is 11.8 Å². The lowest BCUT2D eigenvalue weighted by Gasteiger charge is -2.13. The molecule has 3 rings (SSSR count). The molecule has 2 aliphatic carbocycles. The van der Waals surface area contributed by atoms with Gasteiger partial charge in [0.25, 0.3) is 0 Å². The lowest BCUT2D eigenvalue weighted by atomic mass is 10.1. The van der Waals surface area contributed by atoms with Crippen LogP contribution < -0.4 is 5.73 Å². The van der Waals surface area contributed by atoms with Gasteiger partial charge in [-0.05, 0) is 43.7 Å². The van der Waals surface area contributed by atoms with Crippen molar-refractivity contribution in [3.63, 3.8) is 0 Å². The molecule has 0 saturated heterocycles. The van der Waals surface area contributed by atoms with Crippen LogP contribution in [0.5, 0.6) is 0 Å². The molecule has 4 nitrogen and oxygen atoms in total. The Bertz CT molecular complexity index is 510. The van der Waals surface area contributed by atoms with Gasteiger partial charge in [0.15, 0.2) is 5.84 Å². The number of amidine groups is 1. The molecule has 5 heteroatoms. The summed E-state index contributed by atoms with van der Waals surface area (Å²) in [6.07, 6.45) is 8.39. The van der Waals surface area contributed by atoms with Crippen LogP contribution in [0.4, 0.5) is 0 Å². The van der Waals surface area contributed by atoms with Crippen LogP contribution in [0.25, 0.3) is 0 Å². The zero-order chi connectivity index (χ0) is 13.2. The van der Waals surface area contributed by atoms with Gasteiger partial charge in [-0.3, -0.25) is 0 Å². The fraction of sp³-hybridized carbons (Fsp3) is 0.571. The van der Waals surface area contributed by atoms with Crippen molar-refractivity contribution in [2.75, 3.05) is 0 Å². The lowest BCUT2D eigenvalue weighted by Crippen LogP contribution is -2.16. The molecule has 0 amide bonds. The summed E-state index contributed by atoms with van der Waals surface area (Å²) in [5.41, 5.74) is 9.08. The summed E-state index contributed by atoms with van der Waals surface area (Å²) in [5, 5.41) is 13.7. The van der Waals surface area contributed by atoms with Gasteiger partial charge in [0.2, 0.25) is 0 Å². The fourth-order valence-electron chi connectivity index (χ4n) is 2.94. The third-order valence-electron chi connectivity index (χ3n) is 3.98. The van der Waals surface area contributed by atoms with Gasteiger partial charge in [0, 0.05) is 10.9 Å². The number of thioether (sulfide) groups is 1. The van der Waals surface area contributed by atoms with Crippen LogP contribution in [0.3, 0.4) is 0 Å². The molecule has 1 aromatic rings. The molecule has 1 aromatic heterocycles. The average Bonchev–Trinajstić information content (AvgIpc) is 3.07. The van der Waals surface area contributed by atoms with Gasteiger partial charge in [0.1, 0.15) is 5.03 Å². The predicted molar refractivity (Wildman–Crippen MR) is 76.9 cm³/mol. The SMILES string of the molecule is NC(=NO)c1cc2c(nc1SC1CCCC1)CCC2. The van der Waals surface area contributed by atoms with Crippen LogP contribution in [-0.2, 0) is 12.8 Å². The predicted octanol–water partition coefficient (Wildman–Crippen LogP) is 2.70. The number of fused-ring (bicyclic) bond motifs is 1. The molecule has 2 aliphatic rings. The van der Waals surface area contributed by atoms with Gasteiger partial charge < -0.3 is 10.9 Å². The van der Waals surface area contributed by atoms with Crippen molar-refractivity contribution in [1.29, 1.82) is 0 Å². The minimum atomic E-state index is 0.183. The molecule has 1 fully saturated rings. The van der Waals surface area contributed by atoms with Crippen LogP contribution in [0, 0.1) is 0 Å². The van der Waals surface area contributed by atoms with E-state index < -0.39 is 0 Å². The normalized spacial score (nSPS) is 19.9. The Balaban J connectivity index is 1.95. The van der Waals surface area contributed by atoms with Crippen molar-refractivity contribution in [3.8, 4) is 0 Å². The van der Waals surface area contributed by atoms with E-state index in [0.717, 1.165) is 29.9 Å². The molecular weight excluding hydrogens is 258 g/mol. The molecule has 0 bridgehead atoms. The third-order valence-corrected chi connectivity index (χ3v) is 5.32. The highest BCUT2D eigenvalue weighted by molar-refractivity contribution is 7.99. The van der Waals surface area contributed by atoms with Crippen molar-refractivity contribution in [2.24, 2.45) is 10.9 Å². The van der Waals surface area contributed by atoms with Crippen LogP contribution in [0.1, 0.15) is 48.9 Å². The summed E-state index contributed by atoms with van der Waals surface area (Å²) in [5.74, 6) is 0.183. The smallest absolute Gasteiger partial charge is 0.172 e. The summed E-state index contributed by atoms with van der Waals surface area (Å²) in [6, 6.07) is 2.07. The zero-order valence-electron chi connectivity index (χ0n) is 10.9. The Kier molecular flexibility index (Phi) is 3.64. The number of hydrogen-bond donors (Lipinski definition) is 2. The van der Waals surface area contributed by atoms with Crippen molar-refractivity contribution < 1.29 is 5.21 Å². The van der Waals surface area contributed by atoms with Crippen LogP contribution in [0.2, 0.25) is 0 Å². The zero-order valence-corrected chi connectivity index (χ0v) is 11.7. The van der Waals surface area contributed by atoms with Crippen molar-refractivity contribution >= 4 is 17.6 Å². The highest BCUT2D eigenvalue weighted by Crippen LogP contribution is 2.36. The maximum Gasteiger partial charge on any atom is 0.172 e. The van der Waals surface area contributed by atoms with Crippen LogP contribution in [-0.4, -0.2) is 21.3 Å². The van der Waals surface area contributed by atoms with Gasteiger partial charge in [0.05, 0.1) is 5.56 Å². The molecule has 0 atom stereocenters. The Morgan fingerprint density at radius 3 is 2.84 bits per heavy atom. The standard InChI is InChI=1S/C14H19N3OS/c15-13(17-18)11-8-9-4-3-7-12(9)16-14(11)19-10-5-1-2-6-10/h8,10,18H,1-7H2,(H2,15,17). The summed E-state index contributed by atoms with van der Waals surface area (Å²) < 4.78 is 0. The minimum Gasteiger partial charge on any atom is -0.409 e. The first kappa shape index (κ1) is 12.8. The highest BCUT2D eigenvalue weighted by Gasteiger charge is 2.23. The van der Waals surface area contributed by atoms with E-state index in [1.807, 2.05) is 0 Å². The third kappa shape index (κ3) is 2.56. The molecule has 0 aliphatic heterocycles. The average molecular weight is 277 g/mol. The molecule has 1 saturated carbocycles. The molecule has 0 radical (unpaired) electrons. The van der Waals surface area contributed by atoms with Gasteiger partial charge >= 0.3 is 0 Å². The molecule has 102 valence electrons. The highest BCUT2D eigenvalue weighted by atomic mass is 32.2. The second-order valence-electron chi connectivity index (χ2n) is 5.31. The van der Waals surface area contributed by atoms with Crippen LogP contribution in [0.15, 0.2) is 16.2 Å². The van der Waals surface area contributed by atoms with E-state index in [-0.39, 0.29) is 5.84 Å². The number of nitrogens with zero attached hydrogens (tertiary/aromatic N) is 2. The van der Waals surface area contributed by atoms with Gasteiger partial charge in [-0.15, -0.1) is 11.8 Å². The minimum absolute atomic E-state index is 0.183. The summed E-state index contributed by atoms with van der Waals surface area (Å²) in [6.45, 7) is 0. The largest absolute Gasteiger partial charge is 0.409 e. The molecule has 3 N–H and O–H groups in total. The van der Waals surface area contributed by atoms with E-state index >= 15 is 0 Å². The maximum atomic E-state index is 8.95. The fourth-order valence-corrected chi connectivity index (χ4v) is 4.28. The maximum absolute atomic E-state index is 8.95. The molecule has 0 spiro atoms. The first-order valence-electron chi connectivity index (χ1n) is 6.95. The van der Waals surface area contributed by atoms with Crippen LogP contribution >= 0.6 is 11.8 Å². The second-order valence-corrected chi connectivity index (χ2v) is 6.60. The Hall–Kier alpha value is -1.23. The number of aryl methyl sites for hydroxylation is 2. The van der Waals surface area contributed by atoms with E-state index in [1.165, 1.54) is 36.9 Å². The van der Waals surface area contributed by atoms with E-state index in [2.05, 4.69) is 11.2 Å². The number of aromatic nitrogens is 1. The number of nitrogens with two attached hydrogens (primary N) is 1. The first-order valence-corrected chi connectivity index (χ1v) is 7.83. The van der Waals surface area contributed by atoms with Crippen molar-refractivity contribution in [1.82, 2.24) is 4.98 Å². The van der Waals surface area contributed by atoms with Crippen molar-refractivity contribution in [2.45, 2.75) is 55.2 Å². The Morgan fingerprint density at radius 1 is 1.32 bits per heavy atom. The quantitative estimate of drug-likeness (QED) is 0.386.